The lowest BCUT2D eigenvalue weighted by Gasteiger charge is -2.38. The summed E-state index contributed by atoms with van der Waals surface area (Å²) in [6.07, 6.45) is -10.7. The van der Waals surface area contributed by atoms with Gasteiger partial charge in [0.2, 0.25) is 0 Å². The molecule has 0 aliphatic heterocycles. The molecule has 1 N–H and O–H groups in total. The van der Waals surface area contributed by atoms with Gasteiger partial charge >= 0.3 is 29.8 Å². The van der Waals surface area contributed by atoms with Crippen molar-refractivity contribution >= 4 is 0 Å². The number of alkyl halides is 11. The van der Waals surface area contributed by atoms with Crippen LogP contribution in [0.25, 0.3) is 0 Å². The Morgan fingerprint density at radius 1 is 0.864 bits per heavy atom. The summed E-state index contributed by atoms with van der Waals surface area (Å²) in [5.74, 6) is -28.2. The van der Waals surface area contributed by atoms with Crippen LogP contribution in [0.3, 0.4) is 0 Å². The predicted octanol–water partition coefficient (Wildman–Crippen LogP) is 2.95. The van der Waals surface area contributed by atoms with Crippen LogP contribution in [0.2, 0.25) is 0 Å². The van der Waals surface area contributed by atoms with Crippen molar-refractivity contribution in [2.75, 3.05) is 6.61 Å². The first-order chi connectivity index (χ1) is 9.52. The maximum Gasteiger partial charge on any atom is 0.429 e. The van der Waals surface area contributed by atoms with Crippen LogP contribution in [0.15, 0.2) is 0 Å². The Balaban J connectivity index is 5.91. The second-order valence-electron chi connectivity index (χ2n) is 3.67. The van der Waals surface area contributed by atoms with Gasteiger partial charge in [0.25, 0.3) is 6.36 Å². The van der Waals surface area contributed by atoms with Crippen molar-refractivity contribution in [2.45, 2.75) is 36.2 Å². The number of aliphatic hydroxyl groups excluding tert-OH is 1. The maximum atomic E-state index is 12.9. The van der Waals surface area contributed by atoms with E-state index in [9.17, 15) is 48.3 Å². The molecule has 1 atom stereocenters. The molecule has 0 spiro atoms. The Kier molecular flexibility index (Phi) is 5.34. The van der Waals surface area contributed by atoms with Crippen molar-refractivity contribution in [3.05, 3.63) is 0 Å². The molecular formula is C8H4F11NO2. The van der Waals surface area contributed by atoms with Gasteiger partial charge < -0.3 is 5.11 Å². The van der Waals surface area contributed by atoms with E-state index in [1.54, 1.807) is 0 Å². The van der Waals surface area contributed by atoms with Crippen LogP contribution >= 0.6 is 0 Å². The monoisotopic (exact) mass is 355 g/mol. The summed E-state index contributed by atoms with van der Waals surface area (Å²) >= 11 is 0. The third-order valence-electron chi connectivity index (χ3n) is 2.17. The SMILES string of the molecule is N#CC(F)OC(F)(F)C(F)(F)C(F)(F)C(F)(F)C(F)(F)CO. The second-order valence-corrected chi connectivity index (χ2v) is 3.67. The lowest BCUT2D eigenvalue weighted by Crippen LogP contribution is -2.68. The number of halogens is 11. The largest absolute Gasteiger partial charge is 0.429 e. The van der Waals surface area contributed by atoms with E-state index < -0.39 is 42.8 Å². The quantitative estimate of drug-likeness (QED) is 0.715. The number of ether oxygens (including phenoxy) is 1. The molecule has 0 amide bonds. The Morgan fingerprint density at radius 3 is 1.59 bits per heavy atom. The molecule has 1 unspecified atom stereocenters. The zero-order valence-electron chi connectivity index (χ0n) is 9.74. The van der Waals surface area contributed by atoms with Crippen molar-refractivity contribution in [1.82, 2.24) is 0 Å². The van der Waals surface area contributed by atoms with Gasteiger partial charge in [-0.05, 0) is 0 Å². The Hall–Kier alpha value is -1.36. The first-order valence-electron chi connectivity index (χ1n) is 4.73. The number of nitriles is 1. The van der Waals surface area contributed by atoms with Crippen molar-refractivity contribution in [3.8, 4) is 6.07 Å². The van der Waals surface area contributed by atoms with Crippen LogP contribution in [-0.2, 0) is 4.74 Å². The minimum Gasteiger partial charge on any atom is -0.390 e. The van der Waals surface area contributed by atoms with Crippen LogP contribution in [0.4, 0.5) is 48.3 Å². The number of hydrogen-bond acceptors (Lipinski definition) is 3. The minimum atomic E-state index is -7.48. The molecule has 0 fully saturated rings. The Bertz CT molecular complexity index is 444. The highest BCUT2D eigenvalue weighted by Crippen LogP contribution is 2.57. The van der Waals surface area contributed by atoms with Gasteiger partial charge in [0.15, 0.2) is 0 Å². The summed E-state index contributed by atoms with van der Waals surface area (Å²) in [5, 5.41) is 15.5. The van der Waals surface area contributed by atoms with Crippen LogP contribution in [-0.4, -0.2) is 47.9 Å². The minimum absolute atomic E-state index is 0.102. The standard InChI is InChI=1S/C8H4F11NO2/c9-3(1-20)22-8(18,19)7(16,17)6(14,15)5(12,13)4(10,11)2-21/h3,21H,2H2. The Labute approximate surface area is 113 Å². The van der Waals surface area contributed by atoms with E-state index in [-0.39, 0.29) is 6.07 Å². The van der Waals surface area contributed by atoms with E-state index in [0.29, 0.717) is 0 Å². The van der Waals surface area contributed by atoms with E-state index >= 15 is 0 Å². The topological polar surface area (TPSA) is 53.2 Å². The number of hydrogen-bond donors (Lipinski definition) is 1. The molecule has 14 heteroatoms. The third kappa shape index (κ3) is 2.91. The summed E-state index contributed by atoms with van der Waals surface area (Å²) in [6, 6.07) is 0.102. The molecule has 0 radical (unpaired) electrons. The maximum absolute atomic E-state index is 12.9. The van der Waals surface area contributed by atoms with E-state index in [0.717, 1.165) is 0 Å². The summed E-state index contributed by atoms with van der Waals surface area (Å²) < 4.78 is 141. The van der Waals surface area contributed by atoms with E-state index in [1.807, 2.05) is 0 Å². The molecule has 0 rings (SSSR count). The summed E-state index contributed by atoms with van der Waals surface area (Å²) in [4.78, 5) is 0. The fraction of sp³-hybridized carbons (Fsp3) is 0.875. The van der Waals surface area contributed by atoms with Gasteiger partial charge in [0.1, 0.15) is 12.7 Å². The summed E-state index contributed by atoms with van der Waals surface area (Å²) in [7, 11) is 0. The van der Waals surface area contributed by atoms with Gasteiger partial charge in [0.05, 0.1) is 0 Å². The molecular weight excluding hydrogens is 351 g/mol. The van der Waals surface area contributed by atoms with Gasteiger partial charge in [-0.3, -0.25) is 4.74 Å². The molecule has 0 aromatic carbocycles. The second kappa shape index (κ2) is 5.69. The average molecular weight is 355 g/mol. The average Bonchev–Trinajstić information content (AvgIpc) is 2.36. The molecule has 0 aliphatic rings. The molecule has 0 aromatic rings. The summed E-state index contributed by atoms with van der Waals surface area (Å²) in [6.45, 7) is -3.08. The Morgan fingerprint density at radius 2 is 1.27 bits per heavy atom. The van der Waals surface area contributed by atoms with Crippen LogP contribution in [0.5, 0.6) is 0 Å². The molecule has 0 aliphatic carbocycles. The van der Waals surface area contributed by atoms with Crippen molar-refractivity contribution < 1.29 is 58.1 Å². The van der Waals surface area contributed by atoms with Crippen LogP contribution in [0.1, 0.15) is 0 Å². The van der Waals surface area contributed by atoms with Gasteiger partial charge in [-0.1, -0.05) is 0 Å². The normalized spacial score (nSPS) is 16.3. The molecule has 0 heterocycles. The van der Waals surface area contributed by atoms with Crippen molar-refractivity contribution in [3.63, 3.8) is 0 Å². The molecule has 0 bridgehead atoms. The lowest BCUT2D eigenvalue weighted by atomic mass is 9.98. The van der Waals surface area contributed by atoms with Gasteiger partial charge in [-0.15, -0.1) is 0 Å². The van der Waals surface area contributed by atoms with E-state index in [4.69, 9.17) is 10.4 Å². The van der Waals surface area contributed by atoms with Crippen LogP contribution in [0, 0.1) is 11.3 Å². The smallest absolute Gasteiger partial charge is 0.390 e. The fourth-order valence-corrected chi connectivity index (χ4v) is 0.939. The zero-order chi connectivity index (χ0) is 18.2. The number of nitrogens with zero attached hydrogens (tertiary/aromatic N) is 1. The molecule has 0 aromatic heterocycles. The molecule has 22 heavy (non-hydrogen) atoms. The summed E-state index contributed by atoms with van der Waals surface area (Å²) in [5.41, 5.74) is 0. The highest BCUT2D eigenvalue weighted by atomic mass is 19.4. The molecule has 3 nitrogen and oxygen atoms in total. The number of rotatable bonds is 7. The van der Waals surface area contributed by atoms with Crippen molar-refractivity contribution in [1.29, 1.82) is 5.26 Å². The van der Waals surface area contributed by atoms with Crippen molar-refractivity contribution in [2.24, 2.45) is 0 Å². The van der Waals surface area contributed by atoms with Gasteiger partial charge in [0, 0.05) is 0 Å². The molecule has 0 saturated heterocycles. The fourth-order valence-electron chi connectivity index (χ4n) is 0.939. The predicted molar refractivity (Wildman–Crippen MR) is 43.4 cm³/mol. The lowest BCUT2D eigenvalue weighted by molar-refractivity contribution is -0.454. The molecule has 0 saturated carbocycles. The zero-order valence-corrected chi connectivity index (χ0v) is 9.74. The van der Waals surface area contributed by atoms with Gasteiger partial charge in [-0.2, -0.15) is 53.6 Å². The molecule has 130 valence electrons. The van der Waals surface area contributed by atoms with Gasteiger partial charge in [-0.25, -0.2) is 0 Å². The third-order valence-corrected chi connectivity index (χ3v) is 2.17. The first-order valence-corrected chi connectivity index (χ1v) is 4.73. The van der Waals surface area contributed by atoms with E-state index in [1.165, 1.54) is 0 Å². The highest BCUT2D eigenvalue weighted by Gasteiger charge is 2.87. The number of aliphatic hydroxyl groups is 1. The van der Waals surface area contributed by atoms with E-state index in [2.05, 4.69) is 4.74 Å². The highest BCUT2D eigenvalue weighted by molar-refractivity contribution is 5.06. The first kappa shape index (κ1) is 20.6. The van der Waals surface area contributed by atoms with Crippen LogP contribution < -0.4 is 0 Å².